The number of ether oxygens (including phenoxy) is 1. The van der Waals surface area contributed by atoms with Crippen LogP contribution in [0.5, 0.6) is 5.75 Å². The SMILES string of the molecule is CCc1ccc(O[C@H](C)C(=O)NNC(=O)c2ccc(C(C)(C)C)cc2)cc1. The van der Waals surface area contributed by atoms with Crippen molar-refractivity contribution >= 4 is 11.8 Å². The van der Waals surface area contributed by atoms with Gasteiger partial charge in [-0.25, -0.2) is 0 Å². The molecule has 0 heterocycles. The quantitative estimate of drug-likeness (QED) is 0.790. The average molecular weight is 368 g/mol. The summed E-state index contributed by atoms with van der Waals surface area (Å²) in [5.74, 6) is -0.184. The first-order valence-electron chi connectivity index (χ1n) is 9.17. The molecule has 2 N–H and O–H groups in total. The van der Waals surface area contributed by atoms with Gasteiger partial charge in [0.15, 0.2) is 6.10 Å². The fourth-order valence-corrected chi connectivity index (χ4v) is 2.48. The third kappa shape index (κ3) is 5.84. The summed E-state index contributed by atoms with van der Waals surface area (Å²) >= 11 is 0. The van der Waals surface area contributed by atoms with Crippen LogP contribution < -0.4 is 15.6 Å². The molecular weight excluding hydrogens is 340 g/mol. The normalized spacial score (nSPS) is 12.2. The van der Waals surface area contributed by atoms with Crippen molar-refractivity contribution in [1.82, 2.24) is 10.9 Å². The van der Waals surface area contributed by atoms with Crippen LogP contribution in [0.25, 0.3) is 0 Å². The van der Waals surface area contributed by atoms with Crippen LogP contribution in [-0.2, 0) is 16.6 Å². The molecule has 0 bridgehead atoms. The van der Waals surface area contributed by atoms with Gasteiger partial charge in [-0.3, -0.25) is 20.4 Å². The Kier molecular flexibility index (Phi) is 6.61. The highest BCUT2D eigenvalue weighted by Gasteiger charge is 2.17. The van der Waals surface area contributed by atoms with Crippen LogP contribution in [0.15, 0.2) is 48.5 Å². The third-order valence-electron chi connectivity index (χ3n) is 4.33. The maximum atomic E-state index is 12.2. The minimum absolute atomic E-state index is 0.0192. The molecule has 0 radical (unpaired) electrons. The summed E-state index contributed by atoms with van der Waals surface area (Å²) in [6.07, 6.45) is 0.208. The maximum Gasteiger partial charge on any atom is 0.279 e. The molecule has 0 aliphatic rings. The lowest BCUT2D eigenvalue weighted by Crippen LogP contribution is -2.47. The molecule has 5 heteroatoms. The lowest BCUT2D eigenvalue weighted by molar-refractivity contribution is -0.128. The predicted octanol–water partition coefficient (Wildman–Crippen LogP) is 3.78. The fourth-order valence-electron chi connectivity index (χ4n) is 2.48. The lowest BCUT2D eigenvalue weighted by atomic mass is 9.87. The molecule has 0 unspecified atom stereocenters. The molecule has 1 atom stereocenters. The Bertz CT molecular complexity index is 775. The highest BCUT2D eigenvalue weighted by molar-refractivity contribution is 5.95. The van der Waals surface area contributed by atoms with Gasteiger partial charge in [0, 0.05) is 5.56 Å². The van der Waals surface area contributed by atoms with Crippen LogP contribution in [0.4, 0.5) is 0 Å². The summed E-state index contributed by atoms with van der Waals surface area (Å²) in [6, 6.07) is 14.9. The van der Waals surface area contributed by atoms with Crippen molar-refractivity contribution in [3.8, 4) is 5.75 Å². The predicted molar refractivity (Wildman–Crippen MR) is 107 cm³/mol. The summed E-state index contributed by atoms with van der Waals surface area (Å²) < 4.78 is 5.60. The Morgan fingerprint density at radius 1 is 0.963 bits per heavy atom. The largest absolute Gasteiger partial charge is 0.481 e. The lowest BCUT2D eigenvalue weighted by Gasteiger charge is -2.19. The molecule has 0 aromatic heterocycles. The molecule has 144 valence electrons. The van der Waals surface area contributed by atoms with E-state index < -0.39 is 12.0 Å². The number of carbonyl (C=O) groups excluding carboxylic acids is 2. The van der Waals surface area contributed by atoms with E-state index in [4.69, 9.17) is 4.74 Å². The van der Waals surface area contributed by atoms with Crippen molar-refractivity contribution in [3.05, 3.63) is 65.2 Å². The van der Waals surface area contributed by atoms with E-state index in [0.717, 1.165) is 12.0 Å². The van der Waals surface area contributed by atoms with Gasteiger partial charge >= 0.3 is 0 Å². The molecule has 0 saturated carbocycles. The fraction of sp³-hybridized carbons (Fsp3) is 0.364. The van der Waals surface area contributed by atoms with E-state index in [-0.39, 0.29) is 11.3 Å². The van der Waals surface area contributed by atoms with Crippen molar-refractivity contribution in [2.45, 2.75) is 52.6 Å². The van der Waals surface area contributed by atoms with Crippen LogP contribution in [0.3, 0.4) is 0 Å². The van der Waals surface area contributed by atoms with E-state index in [1.807, 2.05) is 36.4 Å². The first-order valence-corrected chi connectivity index (χ1v) is 9.17. The second-order valence-electron chi connectivity index (χ2n) is 7.53. The first-order chi connectivity index (χ1) is 12.7. The Hall–Kier alpha value is -2.82. The smallest absolute Gasteiger partial charge is 0.279 e. The number of hydrazine groups is 1. The molecule has 2 amide bonds. The van der Waals surface area contributed by atoms with Gasteiger partial charge in [0.2, 0.25) is 0 Å². The van der Waals surface area contributed by atoms with Crippen molar-refractivity contribution in [2.75, 3.05) is 0 Å². The van der Waals surface area contributed by atoms with Gasteiger partial charge in [-0.1, -0.05) is 52.0 Å². The van der Waals surface area contributed by atoms with E-state index in [9.17, 15) is 9.59 Å². The van der Waals surface area contributed by atoms with Crippen molar-refractivity contribution in [1.29, 1.82) is 0 Å². The Morgan fingerprint density at radius 3 is 2.07 bits per heavy atom. The highest BCUT2D eigenvalue weighted by Crippen LogP contribution is 2.22. The zero-order chi connectivity index (χ0) is 20.0. The Balaban J connectivity index is 1.87. The standard InChI is InChI=1S/C22H28N2O3/c1-6-16-7-13-19(14-8-16)27-15(2)20(25)23-24-21(26)17-9-11-18(12-10-17)22(3,4)5/h7-15H,6H2,1-5H3,(H,23,25)(H,24,26)/t15-/m1/s1. The number of nitrogens with one attached hydrogen (secondary N) is 2. The summed E-state index contributed by atoms with van der Waals surface area (Å²) in [4.78, 5) is 24.3. The van der Waals surface area contributed by atoms with Crippen molar-refractivity contribution < 1.29 is 14.3 Å². The van der Waals surface area contributed by atoms with E-state index in [2.05, 4.69) is 38.5 Å². The maximum absolute atomic E-state index is 12.2. The summed E-state index contributed by atoms with van der Waals surface area (Å²) in [7, 11) is 0. The molecule has 0 aliphatic heterocycles. The van der Waals surface area contributed by atoms with Gasteiger partial charge in [0.05, 0.1) is 0 Å². The van der Waals surface area contributed by atoms with Gasteiger partial charge in [-0.05, 0) is 54.2 Å². The van der Waals surface area contributed by atoms with Crippen LogP contribution in [0, 0.1) is 0 Å². The Morgan fingerprint density at radius 2 is 1.56 bits per heavy atom. The van der Waals surface area contributed by atoms with Crippen LogP contribution in [0.2, 0.25) is 0 Å². The minimum Gasteiger partial charge on any atom is -0.481 e. The molecule has 0 saturated heterocycles. The van der Waals surface area contributed by atoms with Crippen molar-refractivity contribution in [3.63, 3.8) is 0 Å². The van der Waals surface area contributed by atoms with E-state index in [1.165, 1.54) is 5.56 Å². The Labute approximate surface area is 161 Å². The second-order valence-corrected chi connectivity index (χ2v) is 7.53. The molecule has 5 nitrogen and oxygen atoms in total. The molecule has 0 fully saturated rings. The molecular formula is C22H28N2O3. The number of benzene rings is 2. The van der Waals surface area contributed by atoms with Gasteiger partial charge in [0.25, 0.3) is 11.8 Å². The van der Waals surface area contributed by atoms with E-state index >= 15 is 0 Å². The second kappa shape index (κ2) is 8.71. The highest BCUT2D eigenvalue weighted by atomic mass is 16.5. The molecule has 2 aromatic carbocycles. The zero-order valence-corrected chi connectivity index (χ0v) is 16.6. The number of carbonyl (C=O) groups is 2. The summed E-state index contributed by atoms with van der Waals surface area (Å²) in [6.45, 7) is 10.0. The first kappa shape index (κ1) is 20.5. The average Bonchev–Trinajstić information content (AvgIpc) is 2.65. The van der Waals surface area contributed by atoms with Crippen LogP contribution >= 0.6 is 0 Å². The molecule has 2 rings (SSSR count). The zero-order valence-electron chi connectivity index (χ0n) is 16.6. The van der Waals surface area contributed by atoms with Crippen LogP contribution in [-0.4, -0.2) is 17.9 Å². The van der Waals surface area contributed by atoms with E-state index in [0.29, 0.717) is 11.3 Å². The molecule has 0 aliphatic carbocycles. The molecule has 0 spiro atoms. The van der Waals surface area contributed by atoms with Crippen molar-refractivity contribution in [2.24, 2.45) is 0 Å². The number of rotatable bonds is 5. The van der Waals surface area contributed by atoms with E-state index in [1.54, 1.807) is 19.1 Å². The van der Waals surface area contributed by atoms with Crippen LogP contribution in [0.1, 0.15) is 56.1 Å². The number of hydrogen-bond acceptors (Lipinski definition) is 3. The molecule has 27 heavy (non-hydrogen) atoms. The minimum atomic E-state index is -0.735. The monoisotopic (exact) mass is 368 g/mol. The van der Waals surface area contributed by atoms with Gasteiger partial charge < -0.3 is 4.74 Å². The topological polar surface area (TPSA) is 67.4 Å². The number of amides is 2. The van der Waals surface area contributed by atoms with Gasteiger partial charge in [-0.2, -0.15) is 0 Å². The van der Waals surface area contributed by atoms with Gasteiger partial charge in [-0.15, -0.1) is 0 Å². The molecule has 2 aromatic rings. The summed E-state index contributed by atoms with van der Waals surface area (Å²) in [5, 5.41) is 0. The van der Waals surface area contributed by atoms with Gasteiger partial charge in [0.1, 0.15) is 5.75 Å². The number of aryl methyl sites for hydroxylation is 1. The third-order valence-corrected chi connectivity index (χ3v) is 4.33. The summed E-state index contributed by atoms with van der Waals surface area (Å²) in [5.41, 5.74) is 7.66. The number of hydrogen-bond donors (Lipinski definition) is 2.